The maximum atomic E-state index is 12.2. The summed E-state index contributed by atoms with van der Waals surface area (Å²) < 4.78 is 5.62. The summed E-state index contributed by atoms with van der Waals surface area (Å²) in [4.78, 5) is 20.7. The van der Waals surface area contributed by atoms with Crippen LogP contribution in [0.5, 0.6) is 5.75 Å². The number of aliphatic hydroxyl groups is 1. The van der Waals surface area contributed by atoms with E-state index < -0.39 is 5.60 Å². The van der Waals surface area contributed by atoms with Gasteiger partial charge in [-0.15, -0.1) is 0 Å². The summed E-state index contributed by atoms with van der Waals surface area (Å²) >= 11 is 0. The van der Waals surface area contributed by atoms with Crippen LogP contribution in [0.3, 0.4) is 0 Å². The predicted octanol–water partition coefficient (Wildman–Crippen LogP) is 0.995. The summed E-state index contributed by atoms with van der Waals surface area (Å²) in [5, 5.41) is 10.6. The molecule has 22 heavy (non-hydrogen) atoms. The molecule has 1 aromatic carbocycles. The molecular weight excluding hydrogens is 282 g/mol. The van der Waals surface area contributed by atoms with Crippen molar-refractivity contribution in [2.45, 2.75) is 18.4 Å². The summed E-state index contributed by atoms with van der Waals surface area (Å²) in [5.74, 6) is 0.707. The molecule has 3 rings (SSSR count). The Labute approximate surface area is 128 Å². The first-order valence-electron chi connectivity index (χ1n) is 7.30. The molecule has 1 unspecified atom stereocenters. The molecule has 2 N–H and O–H groups in total. The van der Waals surface area contributed by atoms with Gasteiger partial charge in [0.15, 0.2) is 0 Å². The highest BCUT2D eigenvalue weighted by molar-refractivity contribution is 5.78. The van der Waals surface area contributed by atoms with Crippen molar-refractivity contribution in [1.29, 1.82) is 0 Å². The maximum absolute atomic E-state index is 12.2. The van der Waals surface area contributed by atoms with Gasteiger partial charge < -0.3 is 19.7 Å². The molecule has 1 fully saturated rings. The quantitative estimate of drug-likeness (QED) is 0.863. The molecule has 6 nitrogen and oxygen atoms in total. The van der Waals surface area contributed by atoms with Gasteiger partial charge in [-0.25, -0.2) is 4.98 Å². The second kappa shape index (κ2) is 6.19. The first kappa shape index (κ1) is 14.6. The summed E-state index contributed by atoms with van der Waals surface area (Å²) in [6, 6.07) is 9.37. The molecule has 2 aromatic rings. The number of aromatic amines is 1. The molecule has 1 amide bonds. The first-order valence-corrected chi connectivity index (χ1v) is 7.30. The number of ether oxygens (including phenoxy) is 1. The minimum absolute atomic E-state index is 0.0140. The molecule has 0 bridgehead atoms. The Balaban J connectivity index is 1.53. The van der Waals surface area contributed by atoms with Crippen LogP contribution in [0, 0.1) is 0 Å². The van der Waals surface area contributed by atoms with Crippen LogP contribution in [0.2, 0.25) is 0 Å². The van der Waals surface area contributed by atoms with Gasteiger partial charge in [0.05, 0.1) is 19.3 Å². The van der Waals surface area contributed by atoms with E-state index in [1.54, 1.807) is 17.4 Å². The van der Waals surface area contributed by atoms with Crippen molar-refractivity contribution < 1.29 is 14.6 Å². The molecule has 6 heteroatoms. The number of hydrogen-bond acceptors (Lipinski definition) is 4. The number of carbonyl (C=O) groups is 1. The van der Waals surface area contributed by atoms with Crippen LogP contribution in [0.25, 0.3) is 0 Å². The normalized spacial score (nSPS) is 21.0. The lowest BCUT2D eigenvalue weighted by Gasteiger charge is -2.23. The SMILES string of the molecule is O=C(Cc1cnc[nH]1)N1CCC(O)(COc2ccccc2)C1. The first-order chi connectivity index (χ1) is 10.6. The largest absolute Gasteiger partial charge is 0.491 e. The molecule has 0 saturated carbocycles. The Morgan fingerprint density at radius 2 is 2.23 bits per heavy atom. The number of nitrogens with zero attached hydrogens (tertiary/aromatic N) is 2. The van der Waals surface area contributed by atoms with Crippen molar-refractivity contribution >= 4 is 5.91 Å². The van der Waals surface area contributed by atoms with Crippen molar-refractivity contribution in [3.05, 3.63) is 48.5 Å². The third-order valence-corrected chi connectivity index (χ3v) is 3.83. The Hall–Kier alpha value is -2.34. The minimum atomic E-state index is -0.987. The average Bonchev–Trinajstić information content (AvgIpc) is 3.17. The highest BCUT2D eigenvalue weighted by Gasteiger charge is 2.38. The number of likely N-dealkylation sites (tertiary alicyclic amines) is 1. The van der Waals surface area contributed by atoms with Crippen molar-refractivity contribution in [2.24, 2.45) is 0 Å². The van der Waals surface area contributed by atoms with Crippen LogP contribution in [-0.2, 0) is 11.2 Å². The van der Waals surface area contributed by atoms with Gasteiger partial charge in [0.25, 0.3) is 0 Å². The lowest BCUT2D eigenvalue weighted by Crippen LogP contribution is -2.41. The van der Waals surface area contributed by atoms with E-state index in [2.05, 4.69) is 9.97 Å². The van der Waals surface area contributed by atoms with Crippen LogP contribution in [0.4, 0.5) is 0 Å². The number of benzene rings is 1. The van der Waals surface area contributed by atoms with E-state index in [-0.39, 0.29) is 18.9 Å². The minimum Gasteiger partial charge on any atom is -0.491 e. The number of rotatable bonds is 5. The van der Waals surface area contributed by atoms with Crippen molar-refractivity contribution in [2.75, 3.05) is 19.7 Å². The Bertz CT molecular complexity index is 615. The van der Waals surface area contributed by atoms with Crippen LogP contribution in [0.15, 0.2) is 42.9 Å². The number of β-amino-alcohol motifs (C(OH)–C–C–N with tert-alkyl or cyclic N) is 1. The molecule has 0 radical (unpaired) electrons. The van der Waals surface area contributed by atoms with E-state index in [0.717, 1.165) is 11.4 Å². The fourth-order valence-corrected chi connectivity index (χ4v) is 2.58. The zero-order valence-electron chi connectivity index (χ0n) is 12.2. The topological polar surface area (TPSA) is 78.5 Å². The molecule has 0 aliphatic carbocycles. The Kier molecular flexibility index (Phi) is 4.11. The van der Waals surface area contributed by atoms with E-state index in [1.807, 2.05) is 30.3 Å². The van der Waals surface area contributed by atoms with Crippen LogP contribution < -0.4 is 4.74 Å². The second-order valence-electron chi connectivity index (χ2n) is 5.64. The number of aromatic nitrogens is 2. The zero-order valence-corrected chi connectivity index (χ0v) is 12.2. The number of para-hydroxylation sites is 1. The lowest BCUT2D eigenvalue weighted by molar-refractivity contribution is -0.130. The smallest absolute Gasteiger partial charge is 0.228 e. The Morgan fingerprint density at radius 1 is 1.41 bits per heavy atom. The van der Waals surface area contributed by atoms with E-state index in [9.17, 15) is 9.90 Å². The van der Waals surface area contributed by atoms with E-state index in [0.29, 0.717) is 19.5 Å². The van der Waals surface area contributed by atoms with E-state index >= 15 is 0 Å². The predicted molar refractivity (Wildman–Crippen MR) is 80.4 cm³/mol. The van der Waals surface area contributed by atoms with Gasteiger partial charge in [-0.3, -0.25) is 4.79 Å². The summed E-state index contributed by atoms with van der Waals surface area (Å²) in [5.41, 5.74) is -0.208. The molecule has 0 spiro atoms. The summed E-state index contributed by atoms with van der Waals surface area (Å²) in [7, 11) is 0. The molecule has 1 aliphatic rings. The highest BCUT2D eigenvalue weighted by atomic mass is 16.5. The molecule has 1 saturated heterocycles. The van der Waals surface area contributed by atoms with E-state index in [4.69, 9.17) is 4.74 Å². The van der Waals surface area contributed by atoms with Gasteiger partial charge in [0, 0.05) is 18.4 Å². The van der Waals surface area contributed by atoms with Gasteiger partial charge >= 0.3 is 0 Å². The van der Waals surface area contributed by atoms with Gasteiger partial charge in [0.1, 0.15) is 18.0 Å². The third-order valence-electron chi connectivity index (χ3n) is 3.83. The van der Waals surface area contributed by atoms with Crippen molar-refractivity contribution in [3.63, 3.8) is 0 Å². The molecule has 1 aromatic heterocycles. The maximum Gasteiger partial charge on any atom is 0.228 e. The fraction of sp³-hybridized carbons (Fsp3) is 0.375. The standard InChI is InChI=1S/C16H19N3O3/c20-15(8-13-9-17-12-18-13)19-7-6-16(21,10-19)11-22-14-4-2-1-3-5-14/h1-5,9,12,21H,6-8,10-11H2,(H,17,18). The third kappa shape index (κ3) is 3.46. The number of nitrogens with one attached hydrogen (secondary N) is 1. The zero-order chi connectivity index (χ0) is 15.4. The van der Waals surface area contributed by atoms with Crippen LogP contribution in [0.1, 0.15) is 12.1 Å². The second-order valence-corrected chi connectivity index (χ2v) is 5.64. The van der Waals surface area contributed by atoms with Crippen molar-refractivity contribution in [3.8, 4) is 5.75 Å². The lowest BCUT2D eigenvalue weighted by atomic mass is 10.1. The van der Waals surface area contributed by atoms with Crippen LogP contribution >= 0.6 is 0 Å². The Morgan fingerprint density at radius 3 is 2.95 bits per heavy atom. The molecule has 116 valence electrons. The van der Waals surface area contributed by atoms with Crippen molar-refractivity contribution in [1.82, 2.24) is 14.9 Å². The number of amides is 1. The highest BCUT2D eigenvalue weighted by Crippen LogP contribution is 2.23. The molecule has 2 heterocycles. The van der Waals surface area contributed by atoms with Crippen LogP contribution in [-0.4, -0.2) is 51.2 Å². The summed E-state index contributed by atoms with van der Waals surface area (Å²) in [6.45, 7) is 1.03. The number of hydrogen-bond donors (Lipinski definition) is 2. The van der Waals surface area contributed by atoms with E-state index in [1.165, 1.54) is 0 Å². The number of H-pyrrole nitrogens is 1. The van der Waals surface area contributed by atoms with Gasteiger partial charge in [-0.1, -0.05) is 18.2 Å². The monoisotopic (exact) mass is 301 g/mol. The van der Waals surface area contributed by atoms with Gasteiger partial charge in [-0.05, 0) is 18.6 Å². The van der Waals surface area contributed by atoms with Gasteiger partial charge in [-0.2, -0.15) is 0 Å². The molecule has 1 aliphatic heterocycles. The molecule has 1 atom stereocenters. The number of carbonyl (C=O) groups excluding carboxylic acids is 1. The molecular formula is C16H19N3O3. The number of imidazole rings is 1. The average molecular weight is 301 g/mol. The van der Waals surface area contributed by atoms with Gasteiger partial charge in [0.2, 0.25) is 5.91 Å². The summed E-state index contributed by atoms with van der Waals surface area (Å²) in [6.07, 6.45) is 3.99. The fourth-order valence-electron chi connectivity index (χ4n) is 2.58.